The van der Waals surface area contributed by atoms with Crippen LogP contribution < -0.4 is 9.47 Å². The van der Waals surface area contributed by atoms with Gasteiger partial charge in [-0.05, 0) is 37.3 Å². The van der Waals surface area contributed by atoms with E-state index in [0.717, 1.165) is 12.2 Å². The minimum atomic E-state index is -0.0142. The zero-order chi connectivity index (χ0) is 15.1. The van der Waals surface area contributed by atoms with Gasteiger partial charge in [-0.15, -0.1) is 0 Å². The molecule has 0 amide bonds. The van der Waals surface area contributed by atoms with Crippen molar-refractivity contribution >= 4 is 17.4 Å². The maximum Gasteiger partial charge on any atom is 0.159 e. The average Bonchev–Trinajstić information content (AvgIpc) is 2.49. The quantitative estimate of drug-likeness (QED) is 0.562. The van der Waals surface area contributed by atoms with Crippen LogP contribution in [0.3, 0.4) is 0 Å². The van der Waals surface area contributed by atoms with E-state index in [2.05, 4.69) is 0 Å². The Morgan fingerprint density at radius 1 is 1.05 bits per heavy atom. The lowest BCUT2D eigenvalue weighted by Gasteiger charge is -2.09. The lowest BCUT2D eigenvalue weighted by Crippen LogP contribution is -2.05. The van der Waals surface area contributed by atoms with Crippen LogP contribution in [0.25, 0.3) is 0 Å². The molecule has 0 saturated carbocycles. The van der Waals surface area contributed by atoms with Crippen molar-refractivity contribution in [1.29, 1.82) is 0 Å². The highest BCUT2D eigenvalue weighted by Crippen LogP contribution is 2.25. The SMILES string of the molecule is CC(=O)c1ccc(OCCCOc2ccccc2)c(Cl)c1. The van der Waals surface area contributed by atoms with Crippen molar-refractivity contribution in [2.75, 3.05) is 13.2 Å². The molecule has 0 aliphatic rings. The molecule has 0 spiro atoms. The van der Waals surface area contributed by atoms with Gasteiger partial charge in [-0.3, -0.25) is 4.79 Å². The molecule has 0 atom stereocenters. The Morgan fingerprint density at radius 2 is 1.76 bits per heavy atom. The van der Waals surface area contributed by atoms with Crippen molar-refractivity contribution in [3.05, 3.63) is 59.1 Å². The number of para-hydroxylation sites is 1. The predicted molar refractivity (Wildman–Crippen MR) is 83.5 cm³/mol. The monoisotopic (exact) mass is 304 g/mol. The van der Waals surface area contributed by atoms with Gasteiger partial charge in [0.05, 0.1) is 18.2 Å². The maximum absolute atomic E-state index is 11.2. The van der Waals surface area contributed by atoms with E-state index >= 15 is 0 Å². The summed E-state index contributed by atoms with van der Waals surface area (Å²) < 4.78 is 11.2. The van der Waals surface area contributed by atoms with Crippen LogP contribution in [-0.2, 0) is 0 Å². The Morgan fingerprint density at radius 3 is 2.43 bits per heavy atom. The number of benzene rings is 2. The van der Waals surface area contributed by atoms with Gasteiger partial charge in [0, 0.05) is 12.0 Å². The first kappa shape index (κ1) is 15.4. The van der Waals surface area contributed by atoms with Crippen LogP contribution in [0.4, 0.5) is 0 Å². The maximum atomic E-state index is 11.2. The van der Waals surface area contributed by atoms with Crippen molar-refractivity contribution < 1.29 is 14.3 Å². The summed E-state index contributed by atoms with van der Waals surface area (Å²) in [6.07, 6.45) is 0.750. The van der Waals surface area contributed by atoms with E-state index in [4.69, 9.17) is 21.1 Å². The molecule has 0 aliphatic heterocycles. The standard InChI is InChI=1S/C17H17ClO3/c1-13(19)14-8-9-17(16(18)12-14)21-11-5-10-20-15-6-3-2-4-7-15/h2-4,6-9,12H,5,10-11H2,1H3. The number of hydrogen-bond donors (Lipinski definition) is 0. The van der Waals surface area contributed by atoms with Gasteiger partial charge in [0.25, 0.3) is 0 Å². The Labute approximate surface area is 129 Å². The lowest BCUT2D eigenvalue weighted by molar-refractivity contribution is 0.101. The Balaban J connectivity index is 1.75. The van der Waals surface area contributed by atoms with Gasteiger partial charge in [-0.2, -0.15) is 0 Å². The number of carbonyl (C=O) groups excluding carboxylic acids is 1. The topological polar surface area (TPSA) is 35.5 Å². The summed E-state index contributed by atoms with van der Waals surface area (Å²) in [5.41, 5.74) is 0.583. The van der Waals surface area contributed by atoms with E-state index < -0.39 is 0 Å². The van der Waals surface area contributed by atoms with E-state index in [1.54, 1.807) is 18.2 Å². The van der Waals surface area contributed by atoms with Crippen molar-refractivity contribution in [3.8, 4) is 11.5 Å². The molecule has 2 rings (SSSR count). The van der Waals surface area contributed by atoms with Gasteiger partial charge >= 0.3 is 0 Å². The van der Waals surface area contributed by atoms with E-state index in [9.17, 15) is 4.79 Å². The van der Waals surface area contributed by atoms with Crippen molar-refractivity contribution in [1.82, 2.24) is 0 Å². The number of Topliss-reactive ketones (excluding diaryl/α,β-unsaturated/α-hetero) is 1. The summed E-state index contributed by atoms with van der Waals surface area (Å²) in [6.45, 7) is 2.59. The number of ketones is 1. The van der Waals surface area contributed by atoms with Gasteiger partial charge < -0.3 is 9.47 Å². The molecule has 0 heterocycles. The van der Waals surface area contributed by atoms with E-state index in [1.807, 2.05) is 30.3 Å². The van der Waals surface area contributed by atoms with Crippen LogP contribution in [0.2, 0.25) is 5.02 Å². The minimum Gasteiger partial charge on any atom is -0.493 e. The van der Waals surface area contributed by atoms with Crippen molar-refractivity contribution in [3.63, 3.8) is 0 Å². The van der Waals surface area contributed by atoms with E-state index in [1.165, 1.54) is 6.92 Å². The fourth-order valence-electron chi connectivity index (χ4n) is 1.78. The molecule has 0 saturated heterocycles. The third-order valence-corrected chi connectivity index (χ3v) is 3.19. The number of rotatable bonds is 7. The molecule has 0 aliphatic carbocycles. The smallest absolute Gasteiger partial charge is 0.159 e. The van der Waals surface area contributed by atoms with Crippen LogP contribution >= 0.6 is 11.6 Å². The molecule has 0 fully saturated rings. The molecule has 2 aromatic carbocycles. The third-order valence-electron chi connectivity index (χ3n) is 2.90. The van der Waals surface area contributed by atoms with E-state index in [0.29, 0.717) is 29.5 Å². The minimum absolute atomic E-state index is 0.0142. The number of hydrogen-bond acceptors (Lipinski definition) is 3. The third kappa shape index (κ3) is 4.80. The van der Waals surface area contributed by atoms with Crippen molar-refractivity contribution in [2.24, 2.45) is 0 Å². The first-order valence-corrected chi connectivity index (χ1v) is 7.16. The number of halogens is 1. The Kier molecular flexibility index (Phi) is 5.64. The zero-order valence-corrected chi connectivity index (χ0v) is 12.6. The van der Waals surface area contributed by atoms with Gasteiger partial charge in [-0.25, -0.2) is 0 Å². The molecule has 4 heteroatoms. The van der Waals surface area contributed by atoms with E-state index in [-0.39, 0.29) is 5.78 Å². The molecule has 0 N–H and O–H groups in total. The largest absolute Gasteiger partial charge is 0.493 e. The summed E-state index contributed by atoms with van der Waals surface area (Å²) in [5, 5.41) is 0.451. The molecule has 21 heavy (non-hydrogen) atoms. The molecule has 3 nitrogen and oxygen atoms in total. The summed E-state index contributed by atoms with van der Waals surface area (Å²) >= 11 is 6.07. The second-order valence-electron chi connectivity index (χ2n) is 4.56. The highest BCUT2D eigenvalue weighted by atomic mass is 35.5. The zero-order valence-electron chi connectivity index (χ0n) is 11.8. The second kappa shape index (κ2) is 7.70. The number of ether oxygens (including phenoxy) is 2. The molecule has 110 valence electrons. The lowest BCUT2D eigenvalue weighted by atomic mass is 10.1. The van der Waals surface area contributed by atoms with Gasteiger partial charge in [0.15, 0.2) is 5.78 Å². The molecule has 0 unspecified atom stereocenters. The van der Waals surface area contributed by atoms with Gasteiger partial charge in [0.1, 0.15) is 11.5 Å². The highest BCUT2D eigenvalue weighted by Gasteiger charge is 2.05. The van der Waals surface area contributed by atoms with Gasteiger partial charge in [0.2, 0.25) is 0 Å². The summed E-state index contributed by atoms with van der Waals surface area (Å²) in [7, 11) is 0. The van der Waals surface area contributed by atoms with Crippen LogP contribution in [-0.4, -0.2) is 19.0 Å². The summed E-state index contributed by atoms with van der Waals surface area (Å²) in [5.74, 6) is 1.42. The first-order chi connectivity index (χ1) is 10.2. The molecular weight excluding hydrogens is 288 g/mol. The first-order valence-electron chi connectivity index (χ1n) is 6.78. The van der Waals surface area contributed by atoms with Crippen molar-refractivity contribution in [2.45, 2.75) is 13.3 Å². The van der Waals surface area contributed by atoms with Gasteiger partial charge in [-0.1, -0.05) is 29.8 Å². The normalized spacial score (nSPS) is 10.2. The average molecular weight is 305 g/mol. The Bertz CT molecular complexity index is 596. The van der Waals surface area contributed by atoms with Crippen LogP contribution in [0, 0.1) is 0 Å². The summed E-state index contributed by atoms with van der Waals surface area (Å²) in [6, 6.07) is 14.7. The fourth-order valence-corrected chi connectivity index (χ4v) is 2.02. The molecular formula is C17H17ClO3. The predicted octanol–water partition coefficient (Wildman–Crippen LogP) is 4.39. The number of carbonyl (C=O) groups is 1. The van der Waals surface area contributed by atoms with Crippen LogP contribution in [0.15, 0.2) is 48.5 Å². The Hall–Kier alpha value is -2.00. The fraction of sp³-hybridized carbons (Fsp3) is 0.235. The van der Waals surface area contributed by atoms with Crippen LogP contribution in [0.1, 0.15) is 23.7 Å². The molecule has 0 radical (unpaired) electrons. The van der Waals surface area contributed by atoms with Crippen LogP contribution in [0.5, 0.6) is 11.5 Å². The second-order valence-corrected chi connectivity index (χ2v) is 4.97. The highest BCUT2D eigenvalue weighted by molar-refractivity contribution is 6.32. The molecule has 0 aromatic heterocycles. The molecule has 0 bridgehead atoms. The molecule has 2 aromatic rings. The summed E-state index contributed by atoms with van der Waals surface area (Å²) in [4.78, 5) is 11.2.